The lowest BCUT2D eigenvalue weighted by Gasteiger charge is -2.32. The van der Waals surface area contributed by atoms with Crippen molar-refractivity contribution < 1.29 is 19.4 Å². The lowest BCUT2D eigenvalue weighted by atomic mass is 9.83. The highest BCUT2D eigenvalue weighted by molar-refractivity contribution is 5.89. The van der Waals surface area contributed by atoms with E-state index >= 15 is 0 Å². The van der Waals surface area contributed by atoms with Crippen LogP contribution in [0.4, 0.5) is 0 Å². The molecule has 0 amide bonds. The molecule has 0 atom stereocenters. The quantitative estimate of drug-likeness (QED) is 0.651. The van der Waals surface area contributed by atoms with Gasteiger partial charge in [0.2, 0.25) is 5.76 Å². The summed E-state index contributed by atoms with van der Waals surface area (Å²) in [6.45, 7) is 0. The molecule has 1 heterocycles. The van der Waals surface area contributed by atoms with Crippen molar-refractivity contribution in [3.8, 4) is 0 Å². The van der Waals surface area contributed by atoms with Crippen molar-refractivity contribution in [2.24, 2.45) is 0 Å². The molecule has 0 unspecified atom stereocenters. The predicted octanol–water partition coefficient (Wildman–Crippen LogP) is 1.66. The van der Waals surface area contributed by atoms with Crippen LogP contribution in [0.3, 0.4) is 0 Å². The van der Waals surface area contributed by atoms with Gasteiger partial charge in [-0.1, -0.05) is 6.42 Å². The predicted molar refractivity (Wildman–Crippen MR) is 48.6 cm³/mol. The van der Waals surface area contributed by atoms with Crippen molar-refractivity contribution in [3.05, 3.63) is 11.5 Å². The maximum atomic E-state index is 11.2. The van der Waals surface area contributed by atoms with Crippen LogP contribution in [0.15, 0.2) is 11.5 Å². The Morgan fingerprint density at radius 3 is 2.57 bits per heavy atom. The monoisotopic (exact) mass is 198 g/mol. The fourth-order valence-corrected chi connectivity index (χ4v) is 2.32. The van der Waals surface area contributed by atoms with Crippen LogP contribution < -0.4 is 0 Å². The molecule has 0 bridgehead atoms. The van der Waals surface area contributed by atoms with Gasteiger partial charge in [-0.15, -0.1) is 0 Å². The normalized spacial score (nSPS) is 25.4. The van der Waals surface area contributed by atoms with Crippen molar-refractivity contribution in [2.45, 2.75) is 37.7 Å². The Bertz CT molecular complexity index is 286. The molecule has 1 N–H and O–H groups in total. The first kappa shape index (κ1) is 9.37. The third kappa shape index (κ3) is 1.17. The number of methoxy groups -OCH3 is 1. The molecule has 1 spiro atoms. The molecule has 0 aromatic rings. The van der Waals surface area contributed by atoms with Gasteiger partial charge in [0.15, 0.2) is 11.4 Å². The number of aliphatic hydroxyl groups is 1. The van der Waals surface area contributed by atoms with Gasteiger partial charge >= 0.3 is 5.97 Å². The molecule has 1 saturated carbocycles. The van der Waals surface area contributed by atoms with Crippen molar-refractivity contribution in [1.29, 1.82) is 0 Å². The van der Waals surface area contributed by atoms with E-state index in [4.69, 9.17) is 9.47 Å². The van der Waals surface area contributed by atoms with Gasteiger partial charge in [-0.05, 0) is 25.7 Å². The number of aliphatic hydroxyl groups excluding tert-OH is 1. The number of carbonyl (C=O) groups is 1. The van der Waals surface area contributed by atoms with E-state index in [-0.39, 0.29) is 5.76 Å². The second-order valence-corrected chi connectivity index (χ2v) is 3.83. The van der Waals surface area contributed by atoms with E-state index in [1.165, 1.54) is 7.11 Å². The van der Waals surface area contributed by atoms with Crippen LogP contribution in [0.2, 0.25) is 0 Å². The smallest absolute Gasteiger partial charge is 0.378 e. The molecule has 78 valence electrons. The SMILES string of the molecule is COC1=C(O)C(=O)OC12CCCCC2. The minimum atomic E-state index is -0.659. The molecular formula is C10H14O4. The number of hydrogen-bond acceptors (Lipinski definition) is 4. The molecule has 2 aliphatic rings. The Balaban J connectivity index is 2.32. The summed E-state index contributed by atoms with van der Waals surface area (Å²) in [5.74, 6) is -0.680. The first-order valence-electron chi connectivity index (χ1n) is 4.91. The maximum absolute atomic E-state index is 11.2. The number of esters is 1. The molecule has 4 nitrogen and oxygen atoms in total. The van der Waals surface area contributed by atoms with Gasteiger partial charge in [0.25, 0.3) is 0 Å². The van der Waals surface area contributed by atoms with E-state index in [2.05, 4.69) is 0 Å². The van der Waals surface area contributed by atoms with Crippen LogP contribution in [-0.2, 0) is 14.3 Å². The van der Waals surface area contributed by atoms with Crippen molar-refractivity contribution in [2.75, 3.05) is 7.11 Å². The Labute approximate surface area is 82.5 Å². The zero-order valence-corrected chi connectivity index (χ0v) is 8.21. The first-order chi connectivity index (χ1) is 6.69. The highest BCUT2D eigenvalue weighted by atomic mass is 16.6. The molecule has 0 aromatic heterocycles. The van der Waals surface area contributed by atoms with Gasteiger partial charge in [0, 0.05) is 0 Å². The van der Waals surface area contributed by atoms with Crippen LogP contribution in [0, 0.1) is 0 Å². The summed E-state index contributed by atoms with van der Waals surface area (Å²) in [4.78, 5) is 11.2. The summed E-state index contributed by atoms with van der Waals surface area (Å²) < 4.78 is 10.3. The summed E-state index contributed by atoms with van der Waals surface area (Å²) in [5, 5.41) is 9.46. The van der Waals surface area contributed by atoms with E-state index in [1.54, 1.807) is 0 Å². The molecule has 0 saturated heterocycles. The van der Waals surface area contributed by atoms with Gasteiger partial charge in [0.1, 0.15) is 0 Å². The van der Waals surface area contributed by atoms with Crippen LogP contribution >= 0.6 is 0 Å². The zero-order valence-electron chi connectivity index (χ0n) is 8.21. The van der Waals surface area contributed by atoms with Gasteiger partial charge in [-0.3, -0.25) is 0 Å². The molecule has 0 radical (unpaired) electrons. The fourth-order valence-electron chi connectivity index (χ4n) is 2.32. The summed E-state index contributed by atoms with van der Waals surface area (Å²) in [6.07, 6.45) is 4.68. The molecule has 1 aliphatic carbocycles. The van der Waals surface area contributed by atoms with E-state index in [9.17, 15) is 9.90 Å². The molecule has 4 heteroatoms. The van der Waals surface area contributed by atoms with Crippen LogP contribution in [0.5, 0.6) is 0 Å². The molecule has 0 aromatic carbocycles. The number of ether oxygens (including phenoxy) is 2. The number of carbonyl (C=O) groups excluding carboxylic acids is 1. The van der Waals surface area contributed by atoms with Crippen LogP contribution in [-0.4, -0.2) is 23.8 Å². The highest BCUT2D eigenvalue weighted by Gasteiger charge is 2.50. The second kappa shape index (κ2) is 3.19. The van der Waals surface area contributed by atoms with Gasteiger partial charge in [-0.25, -0.2) is 4.79 Å². The van der Waals surface area contributed by atoms with Crippen LogP contribution in [0.1, 0.15) is 32.1 Å². The lowest BCUT2D eigenvalue weighted by molar-refractivity contribution is -0.152. The zero-order chi connectivity index (χ0) is 10.2. The Kier molecular flexibility index (Phi) is 2.13. The molecular weight excluding hydrogens is 184 g/mol. The van der Waals surface area contributed by atoms with Crippen molar-refractivity contribution in [3.63, 3.8) is 0 Å². The number of rotatable bonds is 1. The molecule has 1 fully saturated rings. The summed E-state index contributed by atoms with van der Waals surface area (Å²) in [7, 11) is 1.46. The Morgan fingerprint density at radius 2 is 2.00 bits per heavy atom. The van der Waals surface area contributed by atoms with Crippen LogP contribution in [0.25, 0.3) is 0 Å². The second-order valence-electron chi connectivity index (χ2n) is 3.83. The topological polar surface area (TPSA) is 55.8 Å². The molecule has 14 heavy (non-hydrogen) atoms. The summed E-state index contributed by atoms with van der Waals surface area (Å²) in [5.41, 5.74) is -0.659. The minimum absolute atomic E-state index is 0.321. The van der Waals surface area contributed by atoms with Crippen molar-refractivity contribution in [1.82, 2.24) is 0 Å². The molecule has 1 aliphatic heterocycles. The van der Waals surface area contributed by atoms with Gasteiger partial charge in [-0.2, -0.15) is 0 Å². The standard InChI is InChI=1S/C10H14O4/c1-13-8-7(11)9(12)14-10(8)5-3-2-4-6-10/h11H,2-6H2,1H3. The minimum Gasteiger partial charge on any atom is -0.499 e. The van der Waals surface area contributed by atoms with E-state index in [1.807, 2.05) is 0 Å². The Morgan fingerprint density at radius 1 is 1.36 bits per heavy atom. The summed E-state index contributed by atoms with van der Waals surface area (Å²) >= 11 is 0. The van der Waals surface area contributed by atoms with E-state index in [0.717, 1.165) is 32.1 Å². The van der Waals surface area contributed by atoms with Gasteiger partial charge in [0.05, 0.1) is 7.11 Å². The highest BCUT2D eigenvalue weighted by Crippen LogP contribution is 2.43. The Hall–Kier alpha value is -1.19. The molecule has 2 rings (SSSR count). The third-order valence-corrected chi connectivity index (χ3v) is 2.98. The van der Waals surface area contributed by atoms with Gasteiger partial charge < -0.3 is 14.6 Å². The van der Waals surface area contributed by atoms with Crippen molar-refractivity contribution >= 4 is 5.97 Å². The maximum Gasteiger partial charge on any atom is 0.378 e. The first-order valence-corrected chi connectivity index (χ1v) is 4.91. The summed E-state index contributed by atoms with van der Waals surface area (Å²) in [6, 6.07) is 0. The van der Waals surface area contributed by atoms with E-state index in [0.29, 0.717) is 5.76 Å². The number of hydrogen-bond donors (Lipinski definition) is 1. The van der Waals surface area contributed by atoms with E-state index < -0.39 is 11.6 Å². The lowest BCUT2D eigenvalue weighted by Crippen LogP contribution is -2.35. The largest absolute Gasteiger partial charge is 0.499 e. The third-order valence-electron chi connectivity index (χ3n) is 2.98. The average Bonchev–Trinajstić information content (AvgIpc) is 2.40. The fraction of sp³-hybridized carbons (Fsp3) is 0.700. The average molecular weight is 198 g/mol.